The Morgan fingerprint density at radius 1 is 1.24 bits per heavy atom. The molecule has 200 valence electrons. The Kier molecular flexibility index (Phi) is 7.40. The van der Waals surface area contributed by atoms with Crippen LogP contribution in [-0.2, 0) is 24.2 Å². The number of aryl methyl sites for hydroxylation is 1. The normalized spacial score (nSPS) is 16.3. The Morgan fingerprint density at radius 2 is 2.05 bits per heavy atom. The number of halogens is 4. The van der Waals surface area contributed by atoms with Crippen molar-refractivity contribution in [3.8, 4) is 11.3 Å². The number of hydrogen-bond acceptors (Lipinski definition) is 7. The highest BCUT2D eigenvalue weighted by Crippen LogP contribution is 2.37. The van der Waals surface area contributed by atoms with Gasteiger partial charge in [0, 0.05) is 47.2 Å². The predicted molar refractivity (Wildman–Crippen MR) is 139 cm³/mol. The number of ether oxygens (including phenoxy) is 1. The van der Waals surface area contributed by atoms with Crippen molar-refractivity contribution in [2.24, 2.45) is 0 Å². The molecule has 1 N–H and O–H groups in total. The van der Waals surface area contributed by atoms with E-state index in [-0.39, 0.29) is 12.6 Å². The van der Waals surface area contributed by atoms with Crippen LogP contribution in [0.15, 0.2) is 46.4 Å². The molecule has 13 heteroatoms. The topological polar surface area (TPSA) is 91.0 Å². The van der Waals surface area contributed by atoms with E-state index in [1.807, 2.05) is 19.1 Å². The van der Waals surface area contributed by atoms with E-state index in [1.165, 1.54) is 17.7 Å². The number of thiophene rings is 1. The van der Waals surface area contributed by atoms with Crippen LogP contribution in [0.25, 0.3) is 21.5 Å². The third-order valence-electron chi connectivity index (χ3n) is 6.29. The van der Waals surface area contributed by atoms with Gasteiger partial charge in [0.15, 0.2) is 0 Å². The first-order valence-electron chi connectivity index (χ1n) is 11.8. The maximum Gasteiger partial charge on any atom is 0.406 e. The lowest BCUT2D eigenvalue weighted by Crippen LogP contribution is -2.41. The lowest BCUT2D eigenvalue weighted by atomic mass is 9.94. The highest BCUT2D eigenvalue weighted by atomic mass is 35.5. The molecule has 38 heavy (non-hydrogen) atoms. The van der Waals surface area contributed by atoms with E-state index in [0.717, 1.165) is 46.6 Å². The first-order valence-corrected chi connectivity index (χ1v) is 13.0. The van der Waals surface area contributed by atoms with E-state index < -0.39 is 24.0 Å². The summed E-state index contributed by atoms with van der Waals surface area (Å²) in [5, 5.41) is 3.88. The van der Waals surface area contributed by atoms with Crippen LogP contribution in [0.3, 0.4) is 0 Å². The van der Waals surface area contributed by atoms with Gasteiger partial charge in [-0.1, -0.05) is 11.6 Å². The molecule has 1 atom stereocenters. The van der Waals surface area contributed by atoms with E-state index in [9.17, 15) is 22.8 Å². The fourth-order valence-corrected chi connectivity index (χ4v) is 5.95. The Balaban J connectivity index is 1.55. The second-order valence-corrected chi connectivity index (χ2v) is 10.6. The van der Waals surface area contributed by atoms with Crippen molar-refractivity contribution in [2.45, 2.75) is 38.7 Å². The minimum Gasteiger partial charge on any atom is -0.375 e. The van der Waals surface area contributed by atoms with E-state index in [1.54, 1.807) is 6.07 Å². The molecule has 0 bridgehead atoms. The minimum atomic E-state index is -4.60. The monoisotopic (exact) mass is 565 g/mol. The highest BCUT2D eigenvalue weighted by Gasteiger charge is 2.29. The molecular formula is C25H23ClF3N5O3S. The molecular weight excluding hydrogens is 543 g/mol. The van der Waals surface area contributed by atoms with Crippen molar-refractivity contribution in [3.63, 3.8) is 0 Å². The first-order chi connectivity index (χ1) is 18.1. The molecule has 0 aliphatic carbocycles. The lowest BCUT2D eigenvalue weighted by Gasteiger charge is -2.25. The summed E-state index contributed by atoms with van der Waals surface area (Å²) in [6, 6.07) is 6.40. The van der Waals surface area contributed by atoms with Crippen molar-refractivity contribution in [1.29, 1.82) is 0 Å². The maximum atomic E-state index is 12.9. The van der Waals surface area contributed by atoms with Gasteiger partial charge in [-0.15, -0.1) is 11.3 Å². The third-order valence-corrected chi connectivity index (χ3v) is 7.63. The number of nitrogens with one attached hydrogen (secondary N) is 1. The van der Waals surface area contributed by atoms with E-state index in [4.69, 9.17) is 16.3 Å². The summed E-state index contributed by atoms with van der Waals surface area (Å²) in [5.41, 5.74) is 2.37. The van der Waals surface area contributed by atoms with Gasteiger partial charge in [-0.05, 0) is 36.2 Å². The van der Waals surface area contributed by atoms with Crippen LogP contribution >= 0.6 is 22.9 Å². The fraction of sp³-hybridized carbons (Fsp3) is 0.360. The van der Waals surface area contributed by atoms with Crippen molar-refractivity contribution in [3.05, 3.63) is 78.7 Å². The van der Waals surface area contributed by atoms with Crippen LogP contribution in [0.5, 0.6) is 0 Å². The van der Waals surface area contributed by atoms with Crippen LogP contribution in [0, 0.1) is 6.92 Å². The zero-order valence-corrected chi connectivity index (χ0v) is 21.8. The molecule has 4 aromatic rings. The number of aromatic nitrogens is 4. The summed E-state index contributed by atoms with van der Waals surface area (Å²) >= 11 is 7.71. The molecule has 1 aliphatic rings. The number of nitrogens with zero attached hydrogens (tertiary/aromatic N) is 4. The zero-order chi connectivity index (χ0) is 27.0. The smallest absolute Gasteiger partial charge is 0.375 e. The molecule has 1 aromatic carbocycles. The largest absolute Gasteiger partial charge is 0.406 e. The van der Waals surface area contributed by atoms with Gasteiger partial charge in [-0.3, -0.25) is 13.9 Å². The lowest BCUT2D eigenvalue weighted by molar-refractivity contribution is -0.141. The first kappa shape index (κ1) is 26.5. The van der Waals surface area contributed by atoms with Crippen LogP contribution in [0.2, 0.25) is 5.02 Å². The van der Waals surface area contributed by atoms with Crippen LogP contribution < -0.4 is 16.6 Å². The summed E-state index contributed by atoms with van der Waals surface area (Å²) < 4.78 is 46.5. The molecule has 3 aromatic heterocycles. The summed E-state index contributed by atoms with van der Waals surface area (Å²) in [6.45, 7) is 2.46. The Labute approximate surface area is 223 Å². The third kappa shape index (κ3) is 5.68. The second kappa shape index (κ2) is 10.6. The van der Waals surface area contributed by atoms with Crippen molar-refractivity contribution in [2.75, 3.05) is 19.7 Å². The average molecular weight is 566 g/mol. The molecule has 1 unspecified atom stereocenters. The van der Waals surface area contributed by atoms with Crippen LogP contribution in [-0.4, -0.2) is 51.1 Å². The number of alkyl halides is 3. The Hall–Kier alpha value is -3.06. The average Bonchev–Trinajstić information content (AvgIpc) is 3.28. The van der Waals surface area contributed by atoms with Gasteiger partial charge in [0.05, 0.1) is 35.2 Å². The van der Waals surface area contributed by atoms with Gasteiger partial charge < -0.3 is 10.1 Å². The molecule has 0 radical (unpaired) electrons. The summed E-state index contributed by atoms with van der Waals surface area (Å²) in [4.78, 5) is 34.5. The van der Waals surface area contributed by atoms with Gasteiger partial charge in [0.1, 0.15) is 12.9 Å². The molecule has 0 saturated carbocycles. The molecule has 1 aliphatic heterocycles. The van der Waals surface area contributed by atoms with Gasteiger partial charge in [0.25, 0.3) is 5.56 Å². The summed E-state index contributed by atoms with van der Waals surface area (Å²) in [5.74, 6) is 0. The predicted octanol–water partition coefficient (Wildman–Crippen LogP) is 3.79. The molecule has 1 saturated heterocycles. The number of morpholine rings is 1. The van der Waals surface area contributed by atoms with Crippen molar-refractivity contribution >= 4 is 33.2 Å². The minimum absolute atomic E-state index is 0.0116. The number of fused-ring (bicyclic) bond motifs is 1. The number of rotatable bonds is 6. The molecule has 0 amide bonds. The molecule has 1 fully saturated rings. The van der Waals surface area contributed by atoms with E-state index in [0.29, 0.717) is 43.4 Å². The fourth-order valence-electron chi connectivity index (χ4n) is 4.58. The Morgan fingerprint density at radius 3 is 2.79 bits per heavy atom. The van der Waals surface area contributed by atoms with Gasteiger partial charge in [0.2, 0.25) is 0 Å². The Bertz CT molecular complexity index is 1610. The zero-order valence-electron chi connectivity index (χ0n) is 20.2. The number of hydrogen-bond donors (Lipinski definition) is 1. The van der Waals surface area contributed by atoms with Gasteiger partial charge in [-0.2, -0.15) is 13.2 Å². The molecule has 8 nitrogen and oxygen atoms in total. The quantitative estimate of drug-likeness (QED) is 0.383. The van der Waals surface area contributed by atoms with E-state index in [2.05, 4.69) is 15.3 Å². The maximum absolute atomic E-state index is 12.9. The van der Waals surface area contributed by atoms with Crippen molar-refractivity contribution in [1.82, 2.24) is 24.4 Å². The van der Waals surface area contributed by atoms with Crippen LogP contribution in [0.4, 0.5) is 13.2 Å². The van der Waals surface area contributed by atoms with Gasteiger partial charge >= 0.3 is 11.9 Å². The highest BCUT2D eigenvalue weighted by molar-refractivity contribution is 7.19. The van der Waals surface area contributed by atoms with Gasteiger partial charge in [-0.25, -0.2) is 14.8 Å². The molecule has 0 spiro atoms. The standard InChI is InChI=1S/C25H23ClF3N5O3S/c1-14-6-15(26)7-19(18(14)8-16-10-30-3-5-37-16)22-23-20(31-13-32-22)9-17(38-23)11-34-21(35)2-4-33(24(34)36)12-25(27,28)29/h2,4,6-7,9,13,16,30H,3,5,8,10-12H2,1H3. The van der Waals surface area contributed by atoms with Crippen molar-refractivity contribution < 1.29 is 17.9 Å². The SMILES string of the molecule is Cc1cc(Cl)cc(-c2ncnc3cc(Cn4c(=O)ccn(CC(F)(F)F)c4=O)sc23)c1CC1CNCCO1. The molecule has 5 rings (SSSR count). The van der Waals surface area contributed by atoms with Crippen LogP contribution in [0.1, 0.15) is 16.0 Å². The molecule has 4 heterocycles. The number of benzene rings is 1. The second-order valence-electron chi connectivity index (χ2n) is 9.06. The van der Waals surface area contributed by atoms with E-state index >= 15 is 0 Å². The summed E-state index contributed by atoms with van der Waals surface area (Å²) in [7, 11) is 0. The summed E-state index contributed by atoms with van der Waals surface area (Å²) in [6.07, 6.45) is -1.68.